The van der Waals surface area contributed by atoms with Gasteiger partial charge in [0.2, 0.25) is 0 Å². The van der Waals surface area contributed by atoms with Crippen molar-refractivity contribution in [2.45, 2.75) is 81.7 Å². The summed E-state index contributed by atoms with van der Waals surface area (Å²) in [5, 5.41) is 12.4. The van der Waals surface area contributed by atoms with Crippen LogP contribution in [0.5, 0.6) is 0 Å². The number of aliphatic hydroxyl groups is 1. The Morgan fingerprint density at radius 2 is 1.81 bits per heavy atom. The molecule has 2 nitrogen and oxygen atoms in total. The number of rotatable bonds is 10. The topological polar surface area (TPSA) is 29.5 Å². The number of halogens is 2. The summed E-state index contributed by atoms with van der Waals surface area (Å²) in [5.41, 5.74) is 8.15. The zero-order valence-corrected chi connectivity index (χ0v) is 22.3. The molecule has 0 heterocycles. The van der Waals surface area contributed by atoms with Gasteiger partial charge in [0.25, 0.3) is 0 Å². The number of fused-ring (bicyclic) bond motifs is 1. The molecule has 1 aliphatic carbocycles. The van der Waals surface area contributed by atoms with Crippen molar-refractivity contribution in [2.24, 2.45) is 5.92 Å². The van der Waals surface area contributed by atoms with Crippen LogP contribution >= 0.6 is 31.9 Å². The monoisotopic (exact) mass is 550 g/mol. The lowest BCUT2D eigenvalue weighted by atomic mass is 9.68. The first kappa shape index (κ1) is 25.0. The third kappa shape index (κ3) is 6.01. The van der Waals surface area contributed by atoms with E-state index in [2.05, 4.69) is 83.0 Å². The fourth-order valence-electron chi connectivity index (χ4n) is 4.71. The summed E-state index contributed by atoms with van der Waals surface area (Å²) < 4.78 is 5.90. The Kier molecular flexibility index (Phi) is 9.22. The molecule has 0 amide bonds. The van der Waals surface area contributed by atoms with Crippen LogP contribution in [0.25, 0.3) is 0 Å². The lowest BCUT2D eigenvalue weighted by Gasteiger charge is -2.39. The van der Waals surface area contributed by atoms with Gasteiger partial charge in [-0.1, -0.05) is 89.0 Å². The van der Waals surface area contributed by atoms with Crippen LogP contribution in [0.4, 0.5) is 0 Å². The number of ether oxygens (including phenoxy) is 1. The van der Waals surface area contributed by atoms with Crippen LogP contribution in [0, 0.1) is 5.92 Å². The summed E-state index contributed by atoms with van der Waals surface area (Å²) in [6.07, 6.45) is 4.85. The van der Waals surface area contributed by atoms with Gasteiger partial charge in [-0.25, -0.2) is 0 Å². The summed E-state index contributed by atoms with van der Waals surface area (Å²) in [6.45, 7) is 8.21. The quantitative estimate of drug-likeness (QED) is 0.249. The Hall–Kier alpha value is -0.680. The molecule has 0 saturated heterocycles. The molecule has 0 radical (unpaired) electrons. The minimum absolute atomic E-state index is 0.193. The minimum Gasteiger partial charge on any atom is -0.392 e. The highest BCUT2D eigenvalue weighted by molar-refractivity contribution is 9.09. The summed E-state index contributed by atoms with van der Waals surface area (Å²) in [6, 6.07) is 12.8. The standard InChI is InChI=1S/C27H36Br2O2/c1-19(13-14-31-18-20-7-5-4-6-8-20)9-10-21-15-25-22(24(17-29)23(21)16-28)11-12-26(30)27(25,2)3/h4-8,15,19,26,30H,9-14,16-18H2,1-3H3/t19-,26-/m0/s1. The van der Waals surface area contributed by atoms with Gasteiger partial charge in [0, 0.05) is 22.7 Å². The van der Waals surface area contributed by atoms with Crippen LogP contribution in [-0.4, -0.2) is 17.8 Å². The van der Waals surface area contributed by atoms with Crippen molar-refractivity contribution in [1.82, 2.24) is 0 Å². The van der Waals surface area contributed by atoms with Crippen molar-refractivity contribution in [3.63, 3.8) is 0 Å². The maximum Gasteiger partial charge on any atom is 0.0716 e. The number of aryl methyl sites for hydroxylation is 1. The third-order valence-corrected chi connectivity index (χ3v) is 8.12. The third-order valence-electron chi connectivity index (χ3n) is 7.00. The van der Waals surface area contributed by atoms with Crippen molar-refractivity contribution in [1.29, 1.82) is 0 Å². The molecule has 1 aliphatic rings. The second-order valence-corrected chi connectivity index (χ2v) is 10.7. The Morgan fingerprint density at radius 1 is 1.10 bits per heavy atom. The maximum atomic E-state index is 10.7. The van der Waals surface area contributed by atoms with Crippen LogP contribution in [0.1, 0.15) is 73.4 Å². The minimum atomic E-state index is -0.272. The van der Waals surface area contributed by atoms with Gasteiger partial charge < -0.3 is 9.84 Å². The first-order chi connectivity index (χ1) is 14.9. The first-order valence-electron chi connectivity index (χ1n) is 11.5. The molecule has 0 unspecified atom stereocenters. The molecular weight excluding hydrogens is 516 g/mol. The molecule has 2 atom stereocenters. The lowest BCUT2D eigenvalue weighted by Crippen LogP contribution is -2.39. The Balaban J connectivity index is 1.64. The average Bonchev–Trinajstić information content (AvgIpc) is 2.77. The van der Waals surface area contributed by atoms with Crippen LogP contribution in [0.2, 0.25) is 0 Å². The number of benzene rings is 2. The van der Waals surface area contributed by atoms with Gasteiger partial charge in [-0.05, 0) is 71.4 Å². The zero-order chi connectivity index (χ0) is 22.4. The normalized spacial score (nSPS) is 18.6. The molecule has 0 spiro atoms. The summed E-state index contributed by atoms with van der Waals surface area (Å²) in [5.74, 6) is 0.612. The Morgan fingerprint density at radius 3 is 2.48 bits per heavy atom. The Labute approximate surface area is 205 Å². The van der Waals surface area contributed by atoms with E-state index in [1.807, 2.05) is 6.07 Å². The van der Waals surface area contributed by atoms with E-state index in [1.54, 1.807) is 0 Å². The van der Waals surface area contributed by atoms with Crippen molar-refractivity contribution < 1.29 is 9.84 Å². The SMILES string of the molecule is C[C@H](CCOCc1ccccc1)CCc1cc2c(c(CBr)c1CBr)CC[C@H](O)C2(C)C. The molecule has 2 aromatic rings. The summed E-state index contributed by atoms with van der Waals surface area (Å²) in [4.78, 5) is 0. The van der Waals surface area contributed by atoms with E-state index in [-0.39, 0.29) is 11.5 Å². The van der Waals surface area contributed by atoms with E-state index in [0.717, 1.165) is 49.4 Å². The summed E-state index contributed by atoms with van der Waals surface area (Å²) in [7, 11) is 0. The molecule has 2 aromatic carbocycles. The number of aliphatic hydroxyl groups excluding tert-OH is 1. The molecule has 0 aliphatic heterocycles. The number of hydrogen-bond acceptors (Lipinski definition) is 2. The average molecular weight is 552 g/mol. The molecule has 0 saturated carbocycles. The van der Waals surface area contributed by atoms with E-state index >= 15 is 0 Å². The number of alkyl halides is 2. The van der Waals surface area contributed by atoms with Crippen molar-refractivity contribution in [3.05, 3.63) is 69.8 Å². The Bertz CT molecular complexity index is 848. The highest BCUT2D eigenvalue weighted by atomic mass is 79.9. The van der Waals surface area contributed by atoms with E-state index in [9.17, 15) is 5.11 Å². The zero-order valence-electron chi connectivity index (χ0n) is 19.1. The van der Waals surface area contributed by atoms with E-state index < -0.39 is 0 Å². The molecule has 4 heteroatoms. The van der Waals surface area contributed by atoms with Crippen molar-refractivity contribution in [2.75, 3.05) is 6.61 Å². The van der Waals surface area contributed by atoms with Crippen LogP contribution < -0.4 is 0 Å². The fourth-order valence-corrected chi connectivity index (χ4v) is 6.09. The molecule has 0 bridgehead atoms. The van der Waals surface area contributed by atoms with Crippen LogP contribution in [-0.2, 0) is 40.3 Å². The van der Waals surface area contributed by atoms with Gasteiger partial charge in [0.1, 0.15) is 0 Å². The molecule has 3 rings (SSSR count). The molecule has 0 fully saturated rings. The predicted molar refractivity (Wildman–Crippen MR) is 137 cm³/mol. The first-order valence-corrected chi connectivity index (χ1v) is 13.7. The highest BCUT2D eigenvalue weighted by Crippen LogP contribution is 2.42. The molecule has 31 heavy (non-hydrogen) atoms. The van der Waals surface area contributed by atoms with Gasteiger partial charge in [-0.2, -0.15) is 0 Å². The number of hydrogen-bond donors (Lipinski definition) is 1. The smallest absolute Gasteiger partial charge is 0.0716 e. The van der Waals surface area contributed by atoms with E-state index in [1.165, 1.54) is 33.4 Å². The predicted octanol–water partition coefficient (Wildman–Crippen LogP) is 7.24. The van der Waals surface area contributed by atoms with E-state index in [4.69, 9.17) is 4.74 Å². The largest absolute Gasteiger partial charge is 0.392 e. The van der Waals surface area contributed by atoms with Gasteiger partial charge in [0.15, 0.2) is 0 Å². The van der Waals surface area contributed by atoms with Gasteiger partial charge in [-0.3, -0.25) is 0 Å². The molecule has 0 aromatic heterocycles. The fraction of sp³-hybridized carbons (Fsp3) is 0.556. The van der Waals surface area contributed by atoms with Gasteiger partial charge in [-0.15, -0.1) is 0 Å². The molecule has 170 valence electrons. The van der Waals surface area contributed by atoms with Crippen LogP contribution in [0.15, 0.2) is 36.4 Å². The lowest BCUT2D eigenvalue weighted by molar-refractivity contribution is 0.0829. The second kappa shape index (κ2) is 11.4. The van der Waals surface area contributed by atoms with Crippen molar-refractivity contribution >= 4 is 31.9 Å². The van der Waals surface area contributed by atoms with Gasteiger partial charge in [0.05, 0.1) is 12.7 Å². The summed E-state index contributed by atoms with van der Waals surface area (Å²) >= 11 is 7.52. The maximum absolute atomic E-state index is 10.7. The highest BCUT2D eigenvalue weighted by Gasteiger charge is 2.37. The van der Waals surface area contributed by atoms with E-state index in [0.29, 0.717) is 12.5 Å². The van der Waals surface area contributed by atoms with Crippen LogP contribution in [0.3, 0.4) is 0 Å². The van der Waals surface area contributed by atoms with Crippen molar-refractivity contribution in [3.8, 4) is 0 Å². The van der Waals surface area contributed by atoms with Gasteiger partial charge >= 0.3 is 0 Å². The molecular formula is C27H36Br2O2. The molecule has 1 N–H and O–H groups in total. The second-order valence-electron chi connectivity index (χ2n) is 9.53.